The van der Waals surface area contributed by atoms with Gasteiger partial charge in [0.2, 0.25) is 0 Å². The monoisotopic (exact) mass is 297 g/mol. The van der Waals surface area contributed by atoms with Crippen LogP contribution in [0.4, 0.5) is 0 Å². The maximum atomic E-state index is 5.52. The minimum atomic E-state index is 0.425. The third-order valence-corrected chi connectivity index (χ3v) is 4.79. The molecule has 1 heterocycles. The van der Waals surface area contributed by atoms with Gasteiger partial charge in [-0.2, -0.15) is 0 Å². The fourth-order valence-electron chi connectivity index (χ4n) is 2.54. The molecule has 0 aliphatic rings. The lowest BCUT2D eigenvalue weighted by atomic mass is 9.96. The Kier molecular flexibility index (Phi) is 3.68. The molecule has 0 atom stereocenters. The first kappa shape index (κ1) is 14.1. The lowest BCUT2D eigenvalue weighted by Crippen LogP contribution is -1.97. The molecule has 2 aromatic carbocycles. The summed E-state index contributed by atoms with van der Waals surface area (Å²) in [4.78, 5) is 4.78. The molecule has 0 spiro atoms. The van der Waals surface area contributed by atoms with Gasteiger partial charge in [-0.1, -0.05) is 26.0 Å². The quantitative estimate of drug-likeness (QED) is 0.645. The molecule has 3 rings (SSSR count). The number of nitrogens with zero attached hydrogens (tertiary/aromatic N) is 1. The molecule has 0 radical (unpaired) electrons. The Morgan fingerprint density at radius 1 is 1.14 bits per heavy atom. The molecule has 0 aliphatic carbocycles. The summed E-state index contributed by atoms with van der Waals surface area (Å²) in [7, 11) is 1.73. The van der Waals surface area contributed by atoms with E-state index in [1.807, 2.05) is 6.07 Å². The summed E-state index contributed by atoms with van der Waals surface area (Å²) in [6.45, 7) is 6.50. The zero-order valence-corrected chi connectivity index (χ0v) is 13.6. The number of rotatable bonds is 3. The largest absolute Gasteiger partial charge is 0.496 e. The van der Waals surface area contributed by atoms with E-state index in [0.29, 0.717) is 5.92 Å². The van der Waals surface area contributed by atoms with Gasteiger partial charge in [0.05, 0.1) is 17.3 Å². The molecule has 2 nitrogen and oxygen atoms in total. The molecule has 0 saturated heterocycles. The van der Waals surface area contributed by atoms with Crippen LogP contribution in [-0.4, -0.2) is 12.1 Å². The van der Waals surface area contributed by atoms with Crippen molar-refractivity contribution < 1.29 is 4.74 Å². The first-order chi connectivity index (χ1) is 10.1. The highest BCUT2D eigenvalue weighted by Gasteiger charge is 2.14. The lowest BCUT2D eigenvalue weighted by molar-refractivity contribution is 0.407. The second-order valence-electron chi connectivity index (χ2n) is 5.55. The third-order valence-electron chi connectivity index (χ3n) is 3.72. The molecule has 0 amide bonds. The van der Waals surface area contributed by atoms with Crippen LogP contribution >= 0.6 is 11.3 Å². The van der Waals surface area contributed by atoms with Crippen LogP contribution in [-0.2, 0) is 0 Å². The smallest absolute Gasteiger partial charge is 0.124 e. The van der Waals surface area contributed by atoms with E-state index in [-0.39, 0.29) is 0 Å². The number of benzene rings is 2. The summed E-state index contributed by atoms with van der Waals surface area (Å²) in [6.07, 6.45) is 0. The Morgan fingerprint density at radius 3 is 2.57 bits per heavy atom. The Hall–Kier alpha value is -1.87. The average Bonchev–Trinajstić information content (AvgIpc) is 2.90. The van der Waals surface area contributed by atoms with Gasteiger partial charge in [0, 0.05) is 5.56 Å². The number of aromatic nitrogens is 1. The highest BCUT2D eigenvalue weighted by atomic mass is 32.1. The van der Waals surface area contributed by atoms with Crippen molar-refractivity contribution in [2.45, 2.75) is 26.7 Å². The molecular formula is C18H19NOS. The van der Waals surface area contributed by atoms with E-state index in [1.54, 1.807) is 18.4 Å². The van der Waals surface area contributed by atoms with Gasteiger partial charge in [-0.3, -0.25) is 0 Å². The van der Waals surface area contributed by atoms with Crippen molar-refractivity contribution >= 4 is 21.6 Å². The van der Waals surface area contributed by atoms with Gasteiger partial charge in [-0.05, 0) is 48.2 Å². The standard InChI is InChI=1S/C18H19NOS/c1-11(2)13-10-14(12(3)9-16(13)20-4)18-19-15-7-5-6-8-17(15)21-18/h5-11H,1-4H3. The van der Waals surface area contributed by atoms with Crippen LogP contribution < -0.4 is 4.74 Å². The number of thiazole rings is 1. The second kappa shape index (κ2) is 5.49. The molecule has 0 unspecified atom stereocenters. The van der Waals surface area contributed by atoms with E-state index in [9.17, 15) is 0 Å². The van der Waals surface area contributed by atoms with Crippen molar-refractivity contribution in [1.29, 1.82) is 0 Å². The van der Waals surface area contributed by atoms with E-state index in [4.69, 9.17) is 9.72 Å². The van der Waals surface area contributed by atoms with Crippen LogP contribution in [0.1, 0.15) is 30.9 Å². The fourth-order valence-corrected chi connectivity index (χ4v) is 3.59. The summed E-state index contributed by atoms with van der Waals surface area (Å²) in [5.41, 5.74) is 4.71. The van der Waals surface area contributed by atoms with Crippen molar-refractivity contribution in [2.75, 3.05) is 7.11 Å². The Balaban J connectivity index is 2.19. The van der Waals surface area contributed by atoms with E-state index in [0.717, 1.165) is 16.3 Å². The van der Waals surface area contributed by atoms with Crippen LogP contribution in [0.15, 0.2) is 36.4 Å². The summed E-state index contributed by atoms with van der Waals surface area (Å²) in [5.74, 6) is 1.39. The second-order valence-corrected chi connectivity index (χ2v) is 6.58. The minimum Gasteiger partial charge on any atom is -0.496 e. The van der Waals surface area contributed by atoms with Gasteiger partial charge in [0.1, 0.15) is 10.8 Å². The van der Waals surface area contributed by atoms with Gasteiger partial charge in [-0.25, -0.2) is 4.98 Å². The van der Waals surface area contributed by atoms with Gasteiger partial charge in [0.15, 0.2) is 0 Å². The van der Waals surface area contributed by atoms with E-state index < -0.39 is 0 Å². The van der Waals surface area contributed by atoms with E-state index >= 15 is 0 Å². The molecule has 0 fully saturated rings. The van der Waals surface area contributed by atoms with Crippen molar-refractivity contribution in [2.24, 2.45) is 0 Å². The minimum absolute atomic E-state index is 0.425. The van der Waals surface area contributed by atoms with Gasteiger partial charge < -0.3 is 4.74 Å². The molecule has 0 N–H and O–H groups in total. The number of hydrogen-bond acceptors (Lipinski definition) is 3. The Labute approximate surface area is 129 Å². The van der Waals surface area contributed by atoms with Crippen molar-refractivity contribution in [3.05, 3.63) is 47.5 Å². The van der Waals surface area contributed by atoms with Crippen molar-refractivity contribution in [3.63, 3.8) is 0 Å². The summed E-state index contributed by atoms with van der Waals surface area (Å²) < 4.78 is 6.75. The molecule has 1 aromatic heterocycles. The normalized spacial score (nSPS) is 11.3. The van der Waals surface area contributed by atoms with Gasteiger partial charge >= 0.3 is 0 Å². The highest BCUT2D eigenvalue weighted by molar-refractivity contribution is 7.21. The summed E-state index contributed by atoms with van der Waals surface area (Å²) in [5, 5.41) is 1.08. The number of methoxy groups -OCH3 is 1. The van der Waals surface area contributed by atoms with Crippen molar-refractivity contribution in [3.8, 4) is 16.3 Å². The highest BCUT2D eigenvalue weighted by Crippen LogP contribution is 2.37. The molecule has 0 aliphatic heterocycles. The predicted octanol–water partition coefficient (Wildman–Crippen LogP) is 5.40. The number of fused-ring (bicyclic) bond motifs is 1. The van der Waals surface area contributed by atoms with Crippen LogP contribution in [0, 0.1) is 6.92 Å². The SMILES string of the molecule is COc1cc(C)c(-c2nc3ccccc3s2)cc1C(C)C. The van der Waals surface area contributed by atoms with E-state index in [2.05, 4.69) is 51.1 Å². The summed E-state index contributed by atoms with van der Waals surface area (Å²) in [6, 6.07) is 12.6. The molecule has 21 heavy (non-hydrogen) atoms. The average molecular weight is 297 g/mol. The van der Waals surface area contributed by atoms with Gasteiger partial charge in [0.25, 0.3) is 0 Å². The van der Waals surface area contributed by atoms with Crippen LogP contribution in [0.3, 0.4) is 0 Å². The molecule has 108 valence electrons. The fraction of sp³-hybridized carbons (Fsp3) is 0.278. The van der Waals surface area contributed by atoms with E-state index in [1.165, 1.54) is 21.4 Å². The first-order valence-corrected chi connectivity index (χ1v) is 7.96. The molecule has 0 bridgehead atoms. The maximum Gasteiger partial charge on any atom is 0.124 e. The zero-order chi connectivity index (χ0) is 15.0. The molecular weight excluding hydrogens is 278 g/mol. The van der Waals surface area contributed by atoms with Crippen LogP contribution in [0.25, 0.3) is 20.8 Å². The first-order valence-electron chi connectivity index (χ1n) is 7.14. The third kappa shape index (κ3) is 2.54. The Bertz CT molecular complexity index is 756. The topological polar surface area (TPSA) is 22.1 Å². The van der Waals surface area contributed by atoms with Gasteiger partial charge in [-0.15, -0.1) is 11.3 Å². The zero-order valence-electron chi connectivity index (χ0n) is 12.8. The number of ether oxygens (including phenoxy) is 1. The number of hydrogen-bond donors (Lipinski definition) is 0. The predicted molar refractivity (Wildman–Crippen MR) is 90.4 cm³/mol. The van der Waals surface area contributed by atoms with Crippen LogP contribution in [0.2, 0.25) is 0 Å². The molecule has 3 aromatic rings. The van der Waals surface area contributed by atoms with Crippen molar-refractivity contribution in [1.82, 2.24) is 4.98 Å². The molecule has 0 saturated carbocycles. The number of aryl methyl sites for hydroxylation is 1. The molecule has 3 heteroatoms. The summed E-state index contributed by atoms with van der Waals surface area (Å²) >= 11 is 1.75. The number of para-hydroxylation sites is 1. The Morgan fingerprint density at radius 2 is 1.90 bits per heavy atom. The van der Waals surface area contributed by atoms with Crippen LogP contribution in [0.5, 0.6) is 5.75 Å². The maximum absolute atomic E-state index is 5.52. The lowest BCUT2D eigenvalue weighted by Gasteiger charge is -2.15.